The fourth-order valence-corrected chi connectivity index (χ4v) is 2.20. The van der Waals surface area contributed by atoms with E-state index in [0.29, 0.717) is 0 Å². The fraction of sp³-hybridized carbons (Fsp3) is 0.400. The lowest BCUT2D eigenvalue weighted by atomic mass is 10.2. The molecule has 0 fully saturated rings. The Labute approximate surface area is 113 Å². The molecule has 1 aromatic carbocycles. The summed E-state index contributed by atoms with van der Waals surface area (Å²) in [6.45, 7) is 0.887. The van der Waals surface area contributed by atoms with E-state index in [9.17, 15) is 4.79 Å². The van der Waals surface area contributed by atoms with E-state index in [0.717, 1.165) is 31.5 Å². The van der Waals surface area contributed by atoms with Gasteiger partial charge in [-0.05, 0) is 37.1 Å². The van der Waals surface area contributed by atoms with Crippen molar-refractivity contribution in [3.63, 3.8) is 0 Å². The minimum absolute atomic E-state index is 0.274. The van der Waals surface area contributed by atoms with Gasteiger partial charge in [-0.15, -0.1) is 0 Å². The molecule has 1 aromatic heterocycles. The molecule has 4 heteroatoms. The predicted molar refractivity (Wildman–Crippen MR) is 77.5 cm³/mol. The number of fused-ring (bicyclic) bond motifs is 1. The van der Waals surface area contributed by atoms with Crippen molar-refractivity contribution in [2.24, 2.45) is 7.05 Å². The zero-order valence-electron chi connectivity index (χ0n) is 11.2. The van der Waals surface area contributed by atoms with E-state index >= 15 is 0 Å². The predicted octanol–water partition coefficient (Wildman–Crippen LogP) is 3.24. The first kappa shape index (κ1) is 13.5. The first-order valence-electron chi connectivity index (χ1n) is 6.67. The summed E-state index contributed by atoms with van der Waals surface area (Å²) in [4.78, 5) is 10.4. The summed E-state index contributed by atoms with van der Waals surface area (Å²) < 4.78 is 2.10. The van der Waals surface area contributed by atoms with E-state index in [1.165, 1.54) is 10.9 Å². The van der Waals surface area contributed by atoms with Crippen molar-refractivity contribution in [3.8, 4) is 0 Å². The SMILES string of the molecule is Cn1ccc2cc(NCCCCCC(=O)O)ccc21. The Kier molecular flexibility index (Phi) is 4.44. The number of hydrogen-bond acceptors (Lipinski definition) is 2. The molecular formula is C15H20N2O2. The molecule has 0 aliphatic heterocycles. The highest BCUT2D eigenvalue weighted by Crippen LogP contribution is 2.19. The van der Waals surface area contributed by atoms with Gasteiger partial charge in [-0.2, -0.15) is 0 Å². The lowest BCUT2D eigenvalue weighted by Crippen LogP contribution is -2.02. The number of aliphatic carboxylic acids is 1. The van der Waals surface area contributed by atoms with Crippen LogP contribution < -0.4 is 5.32 Å². The molecule has 19 heavy (non-hydrogen) atoms. The molecule has 0 saturated heterocycles. The van der Waals surface area contributed by atoms with Gasteiger partial charge >= 0.3 is 5.97 Å². The second kappa shape index (κ2) is 6.27. The van der Waals surface area contributed by atoms with Crippen LogP contribution in [0.5, 0.6) is 0 Å². The summed E-state index contributed by atoms with van der Waals surface area (Å²) >= 11 is 0. The van der Waals surface area contributed by atoms with Crippen LogP contribution in [0.4, 0.5) is 5.69 Å². The van der Waals surface area contributed by atoms with Crippen molar-refractivity contribution in [1.29, 1.82) is 0 Å². The molecule has 0 aliphatic carbocycles. The van der Waals surface area contributed by atoms with Gasteiger partial charge in [0.1, 0.15) is 0 Å². The van der Waals surface area contributed by atoms with Gasteiger partial charge in [-0.3, -0.25) is 4.79 Å². The number of carboxylic acid groups (broad SMARTS) is 1. The van der Waals surface area contributed by atoms with Crippen LogP contribution >= 0.6 is 0 Å². The lowest BCUT2D eigenvalue weighted by molar-refractivity contribution is -0.137. The third kappa shape index (κ3) is 3.74. The molecule has 4 nitrogen and oxygen atoms in total. The van der Waals surface area contributed by atoms with E-state index in [2.05, 4.69) is 40.3 Å². The number of benzene rings is 1. The summed E-state index contributed by atoms with van der Waals surface area (Å²) in [6, 6.07) is 8.45. The molecular weight excluding hydrogens is 240 g/mol. The minimum Gasteiger partial charge on any atom is -0.481 e. The van der Waals surface area contributed by atoms with Crippen LogP contribution in [0.15, 0.2) is 30.5 Å². The van der Waals surface area contributed by atoms with Gasteiger partial charge in [-0.1, -0.05) is 6.42 Å². The first-order valence-corrected chi connectivity index (χ1v) is 6.67. The number of hydrogen-bond donors (Lipinski definition) is 2. The monoisotopic (exact) mass is 260 g/mol. The Hall–Kier alpha value is -1.97. The number of aryl methyl sites for hydroxylation is 1. The summed E-state index contributed by atoms with van der Waals surface area (Å²) in [5.41, 5.74) is 2.35. The topological polar surface area (TPSA) is 54.3 Å². The van der Waals surface area contributed by atoms with Gasteiger partial charge in [0.2, 0.25) is 0 Å². The fourth-order valence-electron chi connectivity index (χ4n) is 2.20. The molecule has 0 radical (unpaired) electrons. The molecule has 0 amide bonds. The largest absolute Gasteiger partial charge is 0.481 e. The highest BCUT2D eigenvalue weighted by atomic mass is 16.4. The number of carbonyl (C=O) groups is 1. The summed E-state index contributed by atoms with van der Waals surface area (Å²) in [5, 5.41) is 13.1. The molecule has 2 N–H and O–H groups in total. The molecule has 2 rings (SSSR count). The van der Waals surface area contributed by atoms with Crippen molar-refractivity contribution >= 4 is 22.6 Å². The number of nitrogens with one attached hydrogen (secondary N) is 1. The average molecular weight is 260 g/mol. The smallest absolute Gasteiger partial charge is 0.303 e. The minimum atomic E-state index is -0.706. The van der Waals surface area contributed by atoms with Crippen LogP contribution in [0.2, 0.25) is 0 Å². The molecule has 0 unspecified atom stereocenters. The summed E-state index contributed by atoms with van der Waals surface area (Å²) in [5.74, 6) is -0.706. The van der Waals surface area contributed by atoms with E-state index in [1.54, 1.807) is 0 Å². The summed E-state index contributed by atoms with van der Waals surface area (Å²) in [7, 11) is 2.04. The highest BCUT2D eigenvalue weighted by molar-refractivity contribution is 5.83. The standard InChI is InChI=1S/C15H20N2O2/c1-17-10-8-12-11-13(6-7-14(12)17)16-9-4-2-3-5-15(18)19/h6-8,10-11,16H,2-5,9H2,1H3,(H,18,19). The maximum Gasteiger partial charge on any atom is 0.303 e. The Morgan fingerprint density at radius 1 is 1.26 bits per heavy atom. The third-order valence-corrected chi connectivity index (χ3v) is 3.28. The van der Waals surface area contributed by atoms with Gasteiger partial charge in [0.25, 0.3) is 0 Å². The van der Waals surface area contributed by atoms with Crippen LogP contribution in [0, 0.1) is 0 Å². The Bertz CT molecular complexity index is 560. The number of anilines is 1. The molecule has 0 bridgehead atoms. The number of rotatable bonds is 7. The Morgan fingerprint density at radius 2 is 2.11 bits per heavy atom. The Balaban J connectivity index is 1.77. The molecule has 0 spiro atoms. The van der Waals surface area contributed by atoms with E-state index < -0.39 is 5.97 Å². The number of nitrogens with zero attached hydrogens (tertiary/aromatic N) is 1. The number of unbranched alkanes of at least 4 members (excludes halogenated alkanes) is 2. The van der Waals surface area contributed by atoms with Crippen molar-refractivity contribution in [3.05, 3.63) is 30.5 Å². The number of carboxylic acids is 1. The molecule has 102 valence electrons. The maximum atomic E-state index is 10.4. The molecule has 2 aromatic rings. The third-order valence-electron chi connectivity index (χ3n) is 3.28. The van der Waals surface area contributed by atoms with E-state index in [-0.39, 0.29) is 6.42 Å². The van der Waals surface area contributed by atoms with Crippen molar-refractivity contribution < 1.29 is 9.90 Å². The first-order chi connectivity index (χ1) is 9.16. The summed E-state index contributed by atoms with van der Waals surface area (Å²) in [6.07, 6.45) is 5.04. The van der Waals surface area contributed by atoms with Crippen LogP contribution in [0.1, 0.15) is 25.7 Å². The van der Waals surface area contributed by atoms with Crippen molar-refractivity contribution in [1.82, 2.24) is 4.57 Å². The van der Waals surface area contributed by atoms with Crippen molar-refractivity contribution in [2.75, 3.05) is 11.9 Å². The lowest BCUT2D eigenvalue weighted by Gasteiger charge is -2.06. The van der Waals surface area contributed by atoms with Crippen LogP contribution in [0.25, 0.3) is 10.9 Å². The van der Waals surface area contributed by atoms with Crippen LogP contribution in [-0.2, 0) is 11.8 Å². The van der Waals surface area contributed by atoms with Gasteiger partial charge in [0.05, 0.1) is 0 Å². The van der Waals surface area contributed by atoms with Gasteiger partial charge in [0.15, 0.2) is 0 Å². The van der Waals surface area contributed by atoms with Crippen molar-refractivity contribution in [2.45, 2.75) is 25.7 Å². The van der Waals surface area contributed by atoms with Gasteiger partial charge in [0, 0.05) is 42.8 Å². The zero-order valence-corrected chi connectivity index (χ0v) is 11.2. The molecule has 1 heterocycles. The maximum absolute atomic E-state index is 10.4. The highest BCUT2D eigenvalue weighted by Gasteiger charge is 2.00. The molecule has 0 aliphatic rings. The zero-order chi connectivity index (χ0) is 13.7. The average Bonchev–Trinajstić information content (AvgIpc) is 2.75. The van der Waals surface area contributed by atoms with Gasteiger partial charge in [-0.25, -0.2) is 0 Å². The van der Waals surface area contributed by atoms with E-state index in [4.69, 9.17) is 5.11 Å². The van der Waals surface area contributed by atoms with Gasteiger partial charge < -0.3 is 15.0 Å². The quantitative estimate of drug-likeness (QED) is 0.751. The van der Waals surface area contributed by atoms with Crippen LogP contribution in [-0.4, -0.2) is 22.2 Å². The normalized spacial score (nSPS) is 10.8. The second-order valence-corrected chi connectivity index (χ2v) is 4.83. The van der Waals surface area contributed by atoms with E-state index in [1.807, 2.05) is 7.05 Å². The number of aromatic nitrogens is 1. The second-order valence-electron chi connectivity index (χ2n) is 4.83. The molecule has 0 saturated carbocycles. The van der Waals surface area contributed by atoms with Crippen LogP contribution in [0.3, 0.4) is 0 Å². The Morgan fingerprint density at radius 3 is 2.89 bits per heavy atom. The molecule has 0 atom stereocenters.